The number of nitrogens with two attached hydrogens (primary N) is 1. The van der Waals surface area contributed by atoms with Gasteiger partial charge in [-0.05, 0) is 25.5 Å². The van der Waals surface area contributed by atoms with E-state index in [0.717, 1.165) is 16.5 Å². The molecule has 0 radical (unpaired) electrons. The highest BCUT2D eigenvalue weighted by Crippen LogP contribution is 2.21. The first-order valence-corrected chi connectivity index (χ1v) is 7.14. The van der Waals surface area contributed by atoms with Crippen molar-refractivity contribution in [3.05, 3.63) is 45.4 Å². The van der Waals surface area contributed by atoms with Crippen molar-refractivity contribution >= 4 is 17.2 Å². The number of benzene rings is 1. The van der Waals surface area contributed by atoms with Crippen LogP contribution < -0.4 is 16.0 Å². The number of hydrogen-bond donors (Lipinski definition) is 2. The number of ether oxygens (including phenoxy) is 1. The summed E-state index contributed by atoms with van der Waals surface area (Å²) >= 11 is 1.31. The molecule has 1 amide bonds. The highest BCUT2D eigenvalue weighted by Gasteiger charge is 2.16. The summed E-state index contributed by atoms with van der Waals surface area (Å²) < 4.78 is 5.66. The van der Waals surface area contributed by atoms with E-state index in [9.17, 15) is 4.79 Å². The molecule has 2 aromatic rings. The summed E-state index contributed by atoms with van der Waals surface area (Å²) in [5.41, 5.74) is 4.07. The number of aryl methyl sites for hydroxylation is 2. The lowest BCUT2D eigenvalue weighted by molar-refractivity contribution is 0.0956. The number of thiazole rings is 1. The van der Waals surface area contributed by atoms with E-state index in [0.29, 0.717) is 17.9 Å². The van der Waals surface area contributed by atoms with Gasteiger partial charge in [-0.3, -0.25) is 10.2 Å². The van der Waals surface area contributed by atoms with Gasteiger partial charge in [-0.15, -0.1) is 11.3 Å². The van der Waals surface area contributed by atoms with Crippen LogP contribution >= 0.6 is 11.3 Å². The van der Waals surface area contributed by atoms with Gasteiger partial charge < -0.3 is 4.74 Å². The summed E-state index contributed by atoms with van der Waals surface area (Å²) in [5.74, 6) is 5.65. The summed E-state index contributed by atoms with van der Waals surface area (Å²) in [6, 6.07) is 7.80. The van der Waals surface area contributed by atoms with Crippen LogP contribution in [0, 0.1) is 6.92 Å². The van der Waals surface area contributed by atoms with E-state index in [1.54, 1.807) is 0 Å². The van der Waals surface area contributed by atoms with Crippen molar-refractivity contribution in [2.24, 2.45) is 5.84 Å². The van der Waals surface area contributed by atoms with Crippen molar-refractivity contribution in [2.45, 2.75) is 26.9 Å². The Hall–Kier alpha value is -1.92. The molecule has 0 atom stereocenters. The molecule has 0 aliphatic rings. The molecule has 0 aliphatic heterocycles. The second kappa shape index (κ2) is 6.49. The van der Waals surface area contributed by atoms with E-state index in [2.05, 4.69) is 10.4 Å². The minimum Gasteiger partial charge on any atom is -0.486 e. The van der Waals surface area contributed by atoms with Gasteiger partial charge in [-0.2, -0.15) is 0 Å². The maximum atomic E-state index is 11.6. The van der Waals surface area contributed by atoms with Crippen LogP contribution in [0.1, 0.15) is 32.9 Å². The van der Waals surface area contributed by atoms with Gasteiger partial charge >= 0.3 is 0 Å². The zero-order chi connectivity index (χ0) is 14.5. The number of nitrogen functional groups attached to an aromatic ring is 1. The van der Waals surface area contributed by atoms with Crippen LogP contribution in [0.25, 0.3) is 0 Å². The molecular weight excluding hydrogens is 274 g/mol. The summed E-state index contributed by atoms with van der Waals surface area (Å²) in [7, 11) is 0. The van der Waals surface area contributed by atoms with Gasteiger partial charge in [-0.25, -0.2) is 10.8 Å². The molecule has 106 valence electrons. The first kappa shape index (κ1) is 14.5. The smallest absolute Gasteiger partial charge is 0.277 e. The summed E-state index contributed by atoms with van der Waals surface area (Å²) in [5, 5.41) is 0.765. The SMILES string of the molecule is CCc1nc(COc2ccc(C)cc2)sc1C(=O)NN. The molecule has 0 bridgehead atoms. The lowest BCUT2D eigenvalue weighted by Gasteiger charge is -2.03. The van der Waals surface area contributed by atoms with E-state index in [-0.39, 0.29) is 5.91 Å². The number of hydrazine groups is 1. The highest BCUT2D eigenvalue weighted by molar-refractivity contribution is 7.13. The number of nitrogens with zero attached hydrogens (tertiary/aromatic N) is 1. The highest BCUT2D eigenvalue weighted by atomic mass is 32.1. The number of amides is 1. The number of carbonyl (C=O) groups excluding carboxylic acids is 1. The first-order valence-electron chi connectivity index (χ1n) is 6.33. The van der Waals surface area contributed by atoms with Gasteiger partial charge in [0.25, 0.3) is 5.91 Å². The Kier molecular flexibility index (Phi) is 4.70. The van der Waals surface area contributed by atoms with Crippen LogP contribution in [0.4, 0.5) is 0 Å². The molecule has 0 unspecified atom stereocenters. The minimum absolute atomic E-state index is 0.305. The van der Waals surface area contributed by atoms with Gasteiger partial charge in [0.1, 0.15) is 22.2 Å². The Morgan fingerprint density at radius 3 is 2.70 bits per heavy atom. The van der Waals surface area contributed by atoms with E-state index in [4.69, 9.17) is 10.6 Å². The fourth-order valence-corrected chi connectivity index (χ4v) is 2.69. The van der Waals surface area contributed by atoms with Crippen LogP contribution in [-0.4, -0.2) is 10.9 Å². The fourth-order valence-electron chi connectivity index (χ4n) is 1.72. The van der Waals surface area contributed by atoms with Crippen molar-refractivity contribution in [3.63, 3.8) is 0 Å². The third kappa shape index (κ3) is 3.34. The van der Waals surface area contributed by atoms with Crippen molar-refractivity contribution in [2.75, 3.05) is 0 Å². The van der Waals surface area contributed by atoms with E-state index in [1.807, 2.05) is 38.1 Å². The van der Waals surface area contributed by atoms with E-state index < -0.39 is 0 Å². The van der Waals surface area contributed by atoms with E-state index >= 15 is 0 Å². The third-order valence-electron chi connectivity index (χ3n) is 2.80. The van der Waals surface area contributed by atoms with Crippen LogP contribution in [0.15, 0.2) is 24.3 Å². The van der Waals surface area contributed by atoms with Gasteiger partial charge in [0, 0.05) is 0 Å². The van der Waals surface area contributed by atoms with Crippen molar-refractivity contribution in [1.82, 2.24) is 10.4 Å². The molecule has 1 aromatic carbocycles. The molecule has 20 heavy (non-hydrogen) atoms. The van der Waals surface area contributed by atoms with Gasteiger partial charge in [-0.1, -0.05) is 24.6 Å². The Labute approximate surface area is 121 Å². The zero-order valence-corrected chi connectivity index (χ0v) is 12.3. The summed E-state index contributed by atoms with van der Waals surface area (Å²) in [4.78, 5) is 16.6. The summed E-state index contributed by atoms with van der Waals surface area (Å²) in [6.07, 6.45) is 0.684. The predicted octanol–water partition coefficient (Wildman–Crippen LogP) is 2.20. The molecule has 3 N–H and O–H groups in total. The van der Waals surface area contributed by atoms with Crippen molar-refractivity contribution < 1.29 is 9.53 Å². The molecule has 0 fully saturated rings. The average Bonchev–Trinajstić information content (AvgIpc) is 2.89. The zero-order valence-electron chi connectivity index (χ0n) is 11.5. The molecular formula is C14H17N3O2S. The Bertz CT molecular complexity index is 593. The van der Waals surface area contributed by atoms with E-state index in [1.165, 1.54) is 16.9 Å². The molecule has 0 saturated carbocycles. The quantitative estimate of drug-likeness (QED) is 0.503. The molecule has 1 aromatic heterocycles. The van der Waals surface area contributed by atoms with Crippen molar-refractivity contribution in [3.8, 4) is 5.75 Å². The maximum absolute atomic E-state index is 11.6. The topological polar surface area (TPSA) is 77.2 Å². The number of carbonyl (C=O) groups is 1. The Morgan fingerprint density at radius 2 is 2.10 bits per heavy atom. The number of nitrogens with one attached hydrogen (secondary N) is 1. The summed E-state index contributed by atoms with van der Waals surface area (Å²) in [6.45, 7) is 4.32. The van der Waals surface area contributed by atoms with Crippen molar-refractivity contribution in [1.29, 1.82) is 0 Å². The molecule has 0 saturated heterocycles. The first-order chi connectivity index (χ1) is 9.63. The van der Waals surface area contributed by atoms with Crippen LogP contribution in [0.2, 0.25) is 0 Å². The Balaban J connectivity index is 2.08. The predicted molar refractivity (Wildman–Crippen MR) is 78.7 cm³/mol. The number of aromatic nitrogens is 1. The number of hydrogen-bond acceptors (Lipinski definition) is 5. The standard InChI is InChI=1S/C14H17N3O2S/c1-3-11-13(14(18)17-15)20-12(16-11)8-19-10-6-4-9(2)5-7-10/h4-7H,3,8,15H2,1-2H3,(H,17,18). The normalized spacial score (nSPS) is 10.3. The third-order valence-corrected chi connectivity index (χ3v) is 3.87. The fraction of sp³-hybridized carbons (Fsp3) is 0.286. The van der Waals surface area contributed by atoms with Crippen LogP contribution in [0.3, 0.4) is 0 Å². The molecule has 0 aliphatic carbocycles. The molecule has 1 heterocycles. The average molecular weight is 291 g/mol. The molecule has 5 nitrogen and oxygen atoms in total. The lowest BCUT2D eigenvalue weighted by Crippen LogP contribution is -2.30. The largest absolute Gasteiger partial charge is 0.486 e. The number of rotatable bonds is 5. The monoisotopic (exact) mass is 291 g/mol. The minimum atomic E-state index is -0.305. The Morgan fingerprint density at radius 1 is 1.40 bits per heavy atom. The van der Waals surface area contributed by atoms with Gasteiger partial charge in [0.15, 0.2) is 0 Å². The molecule has 2 rings (SSSR count). The van der Waals surface area contributed by atoms with Gasteiger partial charge in [0.05, 0.1) is 5.69 Å². The molecule has 0 spiro atoms. The lowest BCUT2D eigenvalue weighted by atomic mass is 10.2. The van der Waals surface area contributed by atoms with Gasteiger partial charge in [0.2, 0.25) is 0 Å². The molecule has 6 heteroatoms. The van der Waals surface area contributed by atoms with Crippen LogP contribution in [-0.2, 0) is 13.0 Å². The second-order valence-electron chi connectivity index (χ2n) is 4.31. The van der Waals surface area contributed by atoms with Crippen LogP contribution in [0.5, 0.6) is 5.75 Å². The second-order valence-corrected chi connectivity index (χ2v) is 5.40. The maximum Gasteiger partial charge on any atom is 0.277 e.